The van der Waals surface area contributed by atoms with Gasteiger partial charge in [-0.15, -0.1) is 0 Å². The normalized spacial score (nSPS) is 17.1. The highest BCUT2D eigenvalue weighted by Crippen LogP contribution is 2.24. The molecule has 6 nitrogen and oxygen atoms in total. The van der Waals surface area contributed by atoms with Crippen LogP contribution in [-0.2, 0) is 11.3 Å². The van der Waals surface area contributed by atoms with E-state index in [1.807, 2.05) is 4.90 Å². The lowest BCUT2D eigenvalue weighted by molar-refractivity contribution is -0.139. The second-order valence-corrected chi connectivity index (χ2v) is 4.07. The Balaban J connectivity index is 1.98. The van der Waals surface area contributed by atoms with Crippen LogP contribution in [0.15, 0.2) is 10.9 Å². The number of aromatic nitrogens is 2. The molecule has 88 valence electrons. The number of hydrogen-bond acceptors (Lipinski definition) is 5. The molecule has 1 saturated carbocycles. The number of rotatable bonds is 5. The molecule has 1 aliphatic carbocycles. The Morgan fingerprint density at radius 3 is 2.88 bits per heavy atom. The number of carboxylic acid groups (broad SMARTS) is 1. The molecule has 1 aromatic rings. The fourth-order valence-corrected chi connectivity index (χ4v) is 2.20. The van der Waals surface area contributed by atoms with Crippen molar-refractivity contribution in [2.75, 3.05) is 6.54 Å². The van der Waals surface area contributed by atoms with Crippen molar-refractivity contribution in [2.45, 2.75) is 38.3 Å². The van der Waals surface area contributed by atoms with Crippen LogP contribution in [-0.4, -0.2) is 38.7 Å². The molecule has 1 aromatic heterocycles. The molecule has 0 saturated heterocycles. The van der Waals surface area contributed by atoms with Crippen molar-refractivity contribution in [2.24, 2.45) is 0 Å². The molecule has 0 unspecified atom stereocenters. The van der Waals surface area contributed by atoms with Gasteiger partial charge in [-0.1, -0.05) is 18.0 Å². The molecule has 1 fully saturated rings. The van der Waals surface area contributed by atoms with Crippen LogP contribution >= 0.6 is 0 Å². The van der Waals surface area contributed by atoms with Crippen molar-refractivity contribution in [1.29, 1.82) is 0 Å². The van der Waals surface area contributed by atoms with E-state index in [9.17, 15) is 4.79 Å². The van der Waals surface area contributed by atoms with Crippen LogP contribution in [0.2, 0.25) is 0 Å². The summed E-state index contributed by atoms with van der Waals surface area (Å²) in [5.41, 5.74) is 0. The summed E-state index contributed by atoms with van der Waals surface area (Å²) in [6.07, 6.45) is 5.79. The SMILES string of the molecule is O=C(O)CN(Cc1ncno1)C1CCCC1. The Kier molecular flexibility index (Phi) is 3.51. The third-order valence-corrected chi connectivity index (χ3v) is 2.92. The first kappa shape index (κ1) is 11.1. The van der Waals surface area contributed by atoms with E-state index in [-0.39, 0.29) is 6.54 Å². The molecule has 0 spiro atoms. The fourth-order valence-electron chi connectivity index (χ4n) is 2.20. The molecule has 1 heterocycles. The van der Waals surface area contributed by atoms with E-state index in [2.05, 4.69) is 10.1 Å². The Labute approximate surface area is 93.2 Å². The Hall–Kier alpha value is -1.43. The third kappa shape index (κ3) is 2.79. The van der Waals surface area contributed by atoms with Crippen LogP contribution < -0.4 is 0 Å². The van der Waals surface area contributed by atoms with Gasteiger partial charge in [0.05, 0.1) is 13.1 Å². The van der Waals surface area contributed by atoms with E-state index in [0.717, 1.165) is 12.8 Å². The summed E-state index contributed by atoms with van der Waals surface area (Å²) in [7, 11) is 0. The van der Waals surface area contributed by atoms with Crippen molar-refractivity contribution in [3.05, 3.63) is 12.2 Å². The van der Waals surface area contributed by atoms with Gasteiger partial charge in [0.15, 0.2) is 6.33 Å². The zero-order valence-corrected chi connectivity index (χ0v) is 9.00. The molecule has 0 aliphatic heterocycles. The summed E-state index contributed by atoms with van der Waals surface area (Å²) in [6, 6.07) is 0.336. The lowest BCUT2D eigenvalue weighted by atomic mass is 10.2. The van der Waals surface area contributed by atoms with Crippen molar-refractivity contribution in [3.63, 3.8) is 0 Å². The van der Waals surface area contributed by atoms with Gasteiger partial charge in [-0.3, -0.25) is 9.69 Å². The lowest BCUT2D eigenvalue weighted by Crippen LogP contribution is -2.37. The van der Waals surface area contributed by atoms with Gasteiger partial charge in [0.2, 0.25) is 5.89 Å². The van der Waals surface area contributed by atoms with E-state index >= 15 is 0 Å². The van der Waals surface area contributed by atoms with Gasteiger partial charge in [-0.05, 0) is 12.8 Å². The van der Waals surface area contributed by atoms with E-state index in [0.29, 0.717) is 18.5 Å². The molecule has 2 rings (SSSR count). The molecule has 0 radical (unpaired) electrons. The average Bonchev–Trinajstić information content (AvgIpc) is 2.88. The highest BCUT2D eigenvalue weighted by Gasteiger charge is 2.25. The van der Waals surface area contributed by atoms with Crippen LogP contribution in [0.4, 0.5) is 0 Å². The molecule has 0 amide bonds. The second kappa shape index (κ2) is 5.07. The maximum Gasteiger partial charge on any atom is 0.317 e. The summed E-state index contributed by atoms with van der Waals surface area (Å²) < 4.78 is 4.91. The zero-order valence-electron chi connectivity index (χ0n) is 9.00. The molecule has 0 atom stereocenters. The van der Waals surface area contributed by atoms with Gasteiger partial charge in [-0.2, -0.15) is 4.98 Å². The average molecular weight is 225 g/mol. The van der Waals surface area contributed by atoms with Crippen LogP contribution in [0.5, 0.6) is 0 Å². The topological polar surface area (TPSA) is 79.5 Å². The standard InChI is InChI=1S/C10H15N3O3/c14-10(15)6-13(8-3-1-2-4-8)5-9-11-7-12-16-9/h7-8H,1-6H2,(H,14,15). The minimum atomic E-state index is -0.814. The van der Waals surface area contributed by atoms with Crippen molar-refractivity contribution < 1.29 is 14.4 Å². The van der Waals surface area contributed by atoms with Crippen LogP contribution in [0.3, 0.4) is 0 Å². The largest absolute Gasteiger partial charge is 0.480 e. The van der Waals surface area contributed by atoms with Crippen molar-refractivity contribution in [1.82, 2.24) is 15.0 Å². The molecule has 1 aliphatic rings. The molecule has 6 heteroatoms. The van der Waals surface area contributed by atoms with Gasteiger partial charge >= 0.3 is 5.97 Å². The first-order valence-electron chi connectivity index (χ1n) is 5.47. The quantitative estimate of drug-likeness (QED) is 0.802. The number of carbonyl (C=O) groups is 1. The van der Waals surface area contributed by atoms with Gasteiger partial charge in [0.1, 0.15) is 0 Å². The van der Waals surface area contributed by atoms with Crippen molar-refractivity contribution in [3.8, 4) is 0 Å². The molecule has 0 bridgehead atoms. The minimum Gasteiger partial charge on any atom is -0.480 e. The summed E-state index contributed by atoms with van der Waals surface area (Å²) in [5, 5.41) is 12.4. The van der Waals surface area contributed by atoms with Gasteiger partial charge in [0.25, 0.3) is 0 Å². The molecular weight excluding hydrogens is 210 g/mol. The minimum absolute atomic E-state index is 0.0348. The first-order chi connectivity index (χ1) is 7.75. The first-order valence-corrected chi connectivity index (χ1v) is 5.47. The molecule has 0 aromatic carbocycles. The maximum atomic E-state index is 10.8. The van der Waals surface area contributed by atoms with Gasteiger partial charge in [-0.25, -0.2) is 0 Å². The molecular formula is C10H15N3O3. The van der Waals surface area contributed by atoms with E-state index in [1.54, 1.807) is 0 Å². The number of nitrogens with zero attached hydrogens (tertiary/aromatic N) is 3. The summed E-state index contributed by atoms with van der Waals surface area (Å²) in [6.45, 7) is 0.462. The number of hydrogen-bond donors (Lipinski definition) is 1. The van der Waals surface area contributed by atoms with Crippen LogP contribution in [0, 0.1) is 0 Å². The number of aliphatic carboxylic acids is 1. The monoisotopic (exact) mass is 225 g/mol. The predicted molar refractivity (Wildman–Crippen MR) is 54.6 cm³/mol. The molecule has 16 heavy (non-hydrogen) atoms. The summed E-state index contributed by atoms with van der Waals surface area (Å²) in [4.78, 5) is 16.6. The predicted octanol–water partition coefficient (Wildman–Crippen LogP) is 0.899. The lowest BCUT2D eigenvalue weighted by Gasteiger charge is -2.25. The number of carboxylic acids is 1. The van der Waals surface area contributed by atoms with E-state index in [1.165, 1.54) is 19.2 Å². The highest BCUT2D eigenvalue weighted by atomic mass is 16.5. The Morgan fingerprint density at radius 1 is 1.56 bits per heavy atom. The van der Waals surface area contributed by atoms with E-state index < -0.39 is 5.97 Å². The summed E-state index contributed by atoms with van der Waals surface area (Å²) in [5.74, 6) is -0.334. The Bertz CT molecular complexity index is 333. The third-order valence-electron chi connectivity index (χ3n) is 2.92. The summed E-state index contributed by atoms with van der Waals surface area (Å²) >= 11 is 0. The van der Waals surface area contributed by atoms with Crippen LogP contribution in [0.25, 0.3) is 0 Å². The van der Waals surface area contributed by atoms with Gasteiger partial charge in [0, 0.05) is 6.04 Å². The van der Waals surface area contributed by atoms with E-state index in [4.69, 9.17) is 9.63 Å². The smallest absolute Gasteiger partial charge is 0.317 e. The zero-order chi connectivity index (χ0) is 11.4. The molecule has 1 N–H and O–H groups in total. The van der Waals surface area contributed by atoms with Crippen molar-refractivity contribution >= 4 is 5.97 Å². The maximum absolute atomic E-state index is 10.8. The Morgan fingerprint density at radius 2 is 2.31 bits per heavy atom. The van der Waals surface area contributed by atoms with Gasteiger partial charge < -0.3 is 9.63 Å². The fraction of sp³-hybridized carbons (Fsp3) is 0.700. The van der Waals surface area contributed by atoms with Crippen LogP contribution in [0.1, 0.15) is 31.6 Å². The highest BCUT2D eigenvalue weighted by molar-refractivity contribution is 5.69. The second-order valence-electron chi connectivity index (χ2n) is 4.07.